The van der Waals surface area contributed by atoms with E-state index in [9.17, 15) is 15.0 Å². The SMILES string of the molecule is CC(C)(C)OC(=O)N(CCc1ccc(O)cc1)C[C@H](O)c1cncc(Cl)c1. The molecule has 0 unspecified atom stereocenters. The number of aliphatic hydroxyl groups is 1. The Morgan fingerprint density at radius 2 is 1.93 bits per heavy atom. The van der Waals surface area contributed by atoms with Gasteiger partial charge in [-0.1, -0.05) is 23.7 Å². The van der Waals surface area contributed by atoms with E-state index in [0.29, 0.717) is 23.6 Å². The smallest absolute Gasteiger partial charge is 0.410 e. The van der Waals surface area contributed by atoms with Crippen LogP contribution < -0.4 is 0 Å². The van der Waals surface area contributed by atoms with E-state index in [1.54, 1.807) is 51.1 Å². The first kappa shape index (κ1) is 21.0. The van der Waals surface area contributed by atoms with Crippen LogP contribution in [0.1, 0.15) is 38.0 Å². The number of aromatic nitrogens is 1. The third-order valence-electron chi connectivity index (χ3n) is 3.76. The van der Waals surface area contributed by atoms with E-state index in [0.717, 1.165) is 5.56 Å². The number of aliphatic hydroxyl groups excluding tert-OH is 1. The topological polar surface area (TPSA) is 82.9 Å². The molecule has 0 saturated heterocycles. The highest BCUT2D eigenvalue weighted by Gasteiger charge is 2.24. The summed E-state index contributed by atoms with van der Waals surface area (Å²) in [6.07, 6.45) is 2.11. The van der Waals surface area contributed by atoms with Crippen molar-refractivity contribution < 1.29 is 19.7 Å². The van der Waals surface area contributed by atoms with Gasteiger partial charge in [0.2, 0.25) is 0 Å². The molecule has 1 aromatic heterocycles. The number of phenols is 1. The van der Waals surface area contributed by atoms with Crippen molar-refractivity contribution in [2.75, 3.05) is 13.1 Å². The number of hydrogen-bond acceptors (Lipinski definition) is 5. The summed E-state index contributed by atoms with van der Waals surface area (Å²) in [4.78, 5) is 18.0. The van der Waals surface area contributed by atoms with Crippen molar-refractivity contribution in [3.05, 3.63) is 58.9 Å². The van der Waals surface area contributed by atoms with Gasteiger partial charge in [0.1, 0.15) is 11.4 Å². The number of rotatable bonds is 6. The normalized spacial score (nSPS) is 12.5. The van der Waals surface area contributed by atoms with Crippen molar-refractivity contribution in [1.29, 1.82) is 0 Å². The fraction of sp³-hybridized carbons (Fsp3) is 0.400. The monoisotopic (exact) mass is 392 g/mol. The molecule has 0 aliphatic rings. The Balaban J connectivity index is 2.10. The molecular formula is C20H25ClN2O4. The van der Waals surface area contributed by atoms with E-state index >= 15 is 0 Å². The number of aromatic hydroxyl groups is 1. The maximum absolute atomic E-state index is 12.6. The Morgan fingerprint density at radius 3 is 2.52 bits per heavy atom. The molecule has 1 heterocycles. The standard InChI is InChI=1S/C20H25ClN2O4/c1-20(2,3)27-19(26)23(9-8-14-4-6-17(24)7-5-14)13-18(25)15-10-16(21)12-22-11-15/h4-7,10-12,18,24-25H,8-9,13H2,1-3H3/t18-/m0/s1. The van der Waals surface area contributed by atoms with Crippen molar-refractivity contribution in [1.82, 2.24) is 9.88 Å². The third kappa shape index (κ3) is 7.07. The van der Waals surface area contributed by atoms with E-state index in [-0.39, 0.29) is 12.3 Å². The van der Waals surface area contributed by atoms with Crippen LogP contribution >= 0.6 is 11.6 Å². The summed E-state index contributed by atoms with van der Waals surface area (Å²) in [7, 11) is 0. The number of carbonyl (C=O) groups is 1. The molecule has 0 spiro atoms. The van der Waals surface area contributed by atoms with Gasteiger partial charge < -0.3 is 19.8 Å². The lowest BCUT2D eigenvalue weighted by Crippen LogP contribution is -2.40. The largest absolute Gasteiger partial charge is 0.508 e. The first-order chi connectivity index (χ1) is 12.6. The quantitative estimate of drug-likeness (QED) is 0.777. The highest BCUT2D eigenvalue weighted by Crippen LogP contribution is 2.19. The molecule has 1 aromatic carbocycles. The number of ether oxygens (including phenoxy) is 1. The second-order valence-corrected chi connectivity index (χ2v) is 7.73. The van der Waals surface area contributed by atoms with Gasteiger partial charge in [-0.2, -0.15) is 0 Å². The predicted molar refractivity (Wildman–Crippen MR) is 104 cm³/mol. The molecule has 0 bridgehead atoms. The molecule has 0 aliphatic heterocycles. The summed E-state index contributed by atoms with van der Waals surface area (Å²) < 4.78 is 5.46. The van der Waals surface area contributed by atoms with Gasteiger partial charge in [-0.3, -0.25) is 4.98 Å². The van der Waals surface area contributed by atoms with Gasteiger partial charge in [-0.25, -0.2) is 4.79 Å². The van der Waals surface area contributed by atoms with E-state index in [2.05, 4.69) is 4.98 Å². The number of carbonyl (C=O) groups excluding carboxylic acids is 1. The Bertz CT molecular complexity index is 759. The van der Waals surface area contributed by atoms with Gasteiger partial charge >= 0.3 is 6.09 Å². The van der Waals surface area contributed by atoms with Crippen LogP contribution in [0.25, 0.3) is 0 Å². The average molecular weight is 393 g/mol. The van der Waals surface area contributed by atoms with E-state index in [1.165, 1.54) is 17.3 Å². The third-order valence-corrected chi connectivity index (χ3v) is 3.97. The second kappa shape index (κ2) is 9.06. The molecule has 0 fully saturated rings. The Labute approximate surface area is 164 Å². The lowest BCUT2D eigenvalue weighted by molar-refractivity contribution is 0.0146. The average Bonchev–Trinajstić information content (AvgIpc) is 2.58. The molecule has 0 radical (unpaired) electrons. The summed E-state index contributed by atoms with van der Waals surface area (Å²) in [5, 5.41) is 20.3. The number of benzene rings is 1. The molecule has 27 heavy (non-hydrogen) atoms. The Kier molecular flexibility index (Phi) is 7.05. The molecule has 2 aromatic rings. The van der Waals surface area contributed by atoms with Crippen LogP contribution in [0.5, 0.6) is 5.75 Å². The van der Waals surface area contributed by atoms with Crippen molar-refractivity contribution >= 4 is 17.7 Å². The highest BCUT2D eigenvalue weighted by molar-refractivity contribution is 6.30. The fourth-order valence-electron chi connectivity index (χ4n) is 2.43. The van der Waals surface area contributed by atoms with E-state index in [1.807, 2.05) is 0 Å². The zero-order valence-electron chi connectivity index (χ0n) is 15.7. The summed E-state index contributed by atoms with van der Waals surface area (Å²) in [5.41, 5.74) is 0.845. The van der Waals surface area contributed by atoms with Crippen molar-refractivity contribution in [2.45, 2.75) is 38.9 Å². The zero-order valence-corrected chi connectivity index (χ0v) is 16.5. The number of amides is 1. The number of pyridine rings is 1. The molecule has 2 N–H and O–H groups in total. The summed E-state index contributed by atoms with van der Waals surface area (Å²) >= 11 is 5.93. The second-order valence-electron chi connectivity index (χ2n) is 7.30. The lowest BCUT2D eigenvalue weighted by atomic mass is 10.1. The highest BCUT2D eigenvalue weighted by atomic mass is 35.5. The van der Waals surface area contributed by atoms with Gasteiger partial charge in [0, 0.05) is 24.5 Å². The van der Waals surface area contributed by atoms with Crippen LogP contribution in [0.3, 0.4) is 0 Å². The van der Waals surface area contributed by atoms with Crippen LogP contribution in [0.2, 0.25) is 5.02 Å². The molecule has 1 amide bonds. The first-order valence-corrected chi connectivity index (χ1v) is 9.06. The maximum Gasteiger partial charge on any atom is 0.410 e. The molecule has 1 atom stereocenters. The zero-order chi connectivity index (χ0) is 20.0. The van der Waals surface area contributed by atoms with Gasteiger partial charge in [0.25, 0.3) is 0 Å². The molecule has 2 rings (SSSR count). The molecule has 0 aliphatic carbocycles. The molecular weight excluding hydrogens is 368 g/mol. The minimum atomic E-state index is -0.941. The van der Waals surface area contributed by atoms with Gasteiger partial charge in [0.15, 0.2) is 0 Å². The minimum absolute atomic E-state index is 0.0506. The number of phenolic OH excluding ortho intramolecular Hbond substituents is 1. The van der Waals surface area contributed by atoms with Crippen molar-refractivity contribution in [2.24, 2.45) is 0 Å². The number of nitrogens with zero attached hydrogens (tertiary/aromatic N) is 2. The molecule has 146 valence electrons. The van der Waals surface area contributed by atoms with Crippen LogP contribution in [-0.4, -0.2) is 44.9 Å². The Morgan fingerprint density at radius 1 is 1.26 bits per heavy atom. The van der Waals surface area contributed by atoms with Crippen LogP contribution in [0, 0.1) is 0 Å². The summed E-state index contributed by atoms with van der Waals surface area (Å²) in [6, 6.07) is 8.39. The van der Waals surface area contributed by atoms with E-state index in [4.69, 9.17) is 16.3 Å². The first-order valence-electron chi connectivity index (χ1n) is 8.68. The van der Waals surface area contributed by atoms with Gasteiger partial charge in [0.05, 0.1) is 17.7 Å². The minimum Gasteiger partial charge on any atom is -0.508 e. The molecule has 6 nitrogen and oxygen atoms in total. The van der Waals surface area contributed by atoms with Crippen LogP contribution in [0.4, 0.5) is 4.79 Å². The predicted octanol–water partition coefficient (Wildman–Crippen LogP) is 3.95. The lowest BCUT2D eigenvalue weighted by Gasteiger charge is -2.29. The maximum atomic E-state index is 12.6. The van der Waals surface area contributed by atoms with Crippen LogP contribution in [0.15, 0.2) is 42.7 Å². The van der Waals surface area contributed by atoms with Crippen molar-refractivity contribution in [3.63, 3.8) is 0 Å². The van der Waals surface area contributed by atoms with Crippen molar-refractivity contribution in [3.8, 4) is 5.75 Å². The van der Waals surface area contributed by atoms with Gasteiger partial charge in [-0.05, 0) is 51.0 Å². The van der Waals surface area contributed by atoms with E-state index < -0.39 is 17.8 Å². The molecule has 0 saturated carbocycles. The van der Waals surface area contributed by atoms with Gasteiger partial charge in [-0.15, -0.1) is 0 Å². The Hall–Kier alpha value is -2.31. The molecule has 7 heteroatoms. The van der Waals surface area contributed by atoms with Crippen LogP contribution in [-0.2, 0) is 11.2 Å². The summed E-state index contributed by atoms with van der Waals surface area (Å²) in [5.74, 6) is 0.187. The fourth-order valence-corrected chi connectivity index (χ4v) is 2.62. The number of hydrogen-bond donors (Lipinski definition) is 2. The number of halogens is 1. The summed E-state index contributed by atoms with van der Waals surface area (Å²) in [6.45, 7) is 5.78.